The molecule has 11 heteroatoms. The number of aliphatic carboxylic acids is 1. The number of amides is 1. The topological polar surface area (TPSA) is 133 Å². The molecule has 2 aromatic carbocycles. The smallest absolute Gasteiger partial charge is 0.303 e. The largest absolute Gasteiger partial charge is 0.492 e. The van der Waals surface area contributed by atoms with E-state index in [2.05, 4.69) is 37.4 Å². The van der Waals surface area contributed by atoms with Gasteiger partial charge in [-0.3, -0.25) is 14.1 Å². The molecule has 0 fully saturated rings. The number of allylic oxidation sites excluding steroid dienone is 5. The normalized spacial score (nSPS) is 13.0. The average Bonchev–Trinajstić information content (AvgIpc) is 3.08. The second-order valence-corrected chi connectivity index (χ2v) is 11.7. The number of benzene rings is 2. The van der Waals surface area contributed by atoms with Crippen molar-refractivity contribution >= 4 is 22.0 Å². The summed E-state index contributed by atoms with van der Waals surface area (Å²) < 4.78 is 46.1. The summed E-state index contributed by atoms with van der Waals surface area (Å²) in [5.74, 6) is -0.464. The van der Waals surface area contributed by atoms with Gasteiger partial charge in [-0.2, -0.15) is 8.42 Å². The molecule has 43 heavy (non-hydrogen) atoms. The SMILES string of the molecule is CCN(CCOc1cc(C)c(-c2cccc(CNC3=CC=C(CCC(=O)O)C(F)=CC3)c2)c(C)c1)C(C)=O.CS(=O)(=O)O. The molecule has 0 heterocycles. The Morgan fingerprint density at radius 1 is 1.12 bits per heavy atom. The van der Waals surface area contributed by atoms with Crippen molar-refractivity contribution in [3.8, 4) is 16.9 Å². The number of carboxylic acid groups (broad SMARTS) is 1. The van der Waals surface area contributed by atoms with Crippen LogP contribution in [-0.2, 0) is 26.3 Å². The first kappa shape index (κ1) is 35.2. The number of aryl methyl sites for hydroxylation is 2. The number of carboxylic acids is 1. The third-order valence-electron chi connectivity index (χ3n) is 6.60. The molecule has 0 unspecified atom stereocenters. The lowest BCUT2D eigenvalue weighted by Gasteiger charge is -2.20. The molecule has 1 aliphatic rings. The summed E-state index contributed by atoms with van der Waals surface area (Å²) in [5.41, 5.74) is 6.85. The minimum Gasteiger partial charge on any atom is -0.492 e. The standard InChI is InChI=1S/C31H37FN2O4.CH4O3S/c1-5-34(23(4)35)15-16-38-28-17-21(2)31(22(3)18-28)26-8-6-7-24(19-26)20-33-27-11-9-25(10-14-30(36)37)29(32)13-12-27;1-5(2,3)4/h6-9,11,13,17-19,33H,5,10,12,14-16,20H2,1-4H3,(H,36,37);1H3,(H,2,3,4). The molecule has 0 saturated carbocycles. The molecule has 2 aromatic rings. The first-order valence-electron chi connectivity index (χ1n) is 13.9. The maximum Gasteiger partial charge on any atom is 0.303 e. The summed E-state index contributed by atoms with van der Waals surface area (Å²) in [6, 6.07) is 12.4. The summed E-state index contributed by atoms with van der Waals surface area (Å²) in [6.45, 7) is 9.90. The van der Waals surface area contributed by atoms with E-state index in [4.69, 9.17) is 14.4 Å². The van der Waals surface area contributed by atoms with Crippen LogP contribution < -0.4 is 10.1 Å². The Kier molecular flexibility index (Phi) is 13.6. The molecule has 234 valence electrons. The van der Waals surface area contributed by atoms with E-state index in [-0.39, 0.29) is 24.6 Å². The Hall–Kier alpha value is -3.96. The molecule has 9 nitrogen and oxygen atoms in total. The van der Waals surface area contributed by atoms with Crippen LogP contribution in [0.5, 0.6) is 5.75 Å². The highest BCUT2D eigenvalue weighted by Crippen LogP contribution is 2.32. The molecule has 0 aromatic heterocycles. The molecule has 0 bridgehead atoms. The molecular weight excluding hydrogens is 575 g/mol. The maximum absolute atomic E-state index is 14.3. The highest BCUT2D eigenvalue weighted by molar-refractivity contribution is 7.85. The Morgan fingerprint density at radius 3 is 2.35 bits per heavy atom. The van der Waals surface area contributed by atoms with Crippen molar-refractivity contribution in [2.45, 2.75) is 53.5 Å². The third kappa shape index (κ3) is 12.8. The Morgan fingerprint density at radius 2 is 1.77 bits per heavy atom. The van der Waals surface area contributed by atoms with Crippen LogP contribution in [0.3, 0.4) is 0 Å². The minimum atomic E-state index is -3.67. The number of likely N-dealkylation sites (N-methyl/N-ethyl adjacent to an activating group) is 1. The fraction of sp³-hybridized carbons (Fsp3) is 0.375. The molecular formula is C32H41FN2O7S. The first-order chi connectivity index (χ1) is 20.2. The Labute approximate surface area is 253 Å². The number of hydrogen-bond donors (Lipinski definition) is 3. The number of nitrogens with one attached hydrogen (secondary N) is 1. The predicted octanol–water partition coefficient (Wildman–Crippen LogP) is 5.74. The summed E-state index contributed by atoms with van der Waals surface area (Å²) in [5, 5.41) is 12.3. The van der Waals surface area contributed by atoms with Crippen molar-refractivity contribution in [3.63, 3.8) is 0 Å². The summed E-state index contributed by atoms with van der Waals surface area (Å²) in [4.78, 5) is 24.2. The van der Waals surface area contributed by atoms with Crippen LogP contribution in [0.4, 0.5) is 4.39 Å². The zero-order valence-electron chi connectivity index (χ0n) is 25.3. The van der Waals surface area contributed by atoms with Gasteiger partial charge in [0.25, 0.3) is 10.1 Å². The molecule has 1 aliphatic carbocycles. The van der Waals surface area contributed by atoms with Crippen molar-refractivity contribution in [1.82, 2.24) is 10.2 Å². The van der Waals surface area contributed by atoms with Crippen molar-refractivity contribution in [3.05, 3.63) is 88.4 Å². The number of nitrogens with zero attached hydrogens (tertiary/aromatic N) is 1. The molecule has 0 saturated heterocycles. The van der Waals surface area contributed by atoms with E-state index in [1.54, 1.807) is 17.9 Å². The minimum absolute atomic E-state index is 0.0455. The average molecular weight is 617 g/mol. The van der Waals surface area contributed by atoms with Gasteiger partial charge >= 0.3 is 5.97 Å². The van der Waals surface area contributed by atoms with E-state index in [9.17, 15) is 22.4 Å². The lowest BCUT2D eigenvalue weighted by atomic mass is 9.94. The van der Waals surface area contributed by atoms with Crippen LogP contribution in [-0.4, -0.2) is 60.8 Å². The molecule has 3 N–H and O–H groups in total. The van der Waals surface area contributed by atoms with E-state index >= 15 is 0 Å². The number of rotatable bonds is 12. The second kappa shape index (κ2) is 16.6. The molecule has 0 radical (unpaired) electrons. The van der Waals surface area contributed by atoms with Crippen LogP contribution in [0.2, 0.25) is 0 Å². The monoisotopic (exact) mass is 616 g/mol. The molecule has 0 aliphatic heterocycles. The van der Waals surface area contributed by atoms with Crippen molar-refractivity contribution in [2.24, 2.45) is 0 Å². The molecule has 0 spiro atoms. The zero-order valence-corrected chi connectivity index (χ0v) is 26.1. The van der Waals surface area contributed by atoms with Crippen molar-refractivity contribution < 1.29 is 36.8 Å². The van der Waals surface area contributed by atoms with E-state index < -0.39 is 16.1 Å². The summed E-state index contributed by atoms with van der Waals surface area (Å²) in [7, 11) is -3.67. The van der Waals surface area contributed by atoms with Gasteiger partial charge in [0, 0.05) is 38.6 Å². The summed E-state index contributed by atoms with van der Waals surface area (Å²) in [6.07, 6.45) is 6.19. The maximum atomic E-state index is 14.3. The quantitative estimate of drug-likeness (QED) is 0.257. The lowest BCUT2D eigenvalue weighted by molar-refractivity contribution is -0.137. The number of carbonyl (C=O) groups excluding carboxylic acids is 1. The van der Waals surface area contributed by atoms with Gasteiger partial charge in [0.2, 0.25) is 5.91 Å². The fourth-order valence-corrected chi connectivity index (χ4v) is 4.58. The Bertz CT molecular complexity index is 1470. The van der Waals surface area contributed by atoms with Crippen LogP contribution in [0.1, 0.15) is 49.8 Å². The molecule has 3 rings (SSSR count). The molecule has 0 atom stereocenters. The van der Waals surface area contributed by atoms with Gasteiger partial charge in [-0.25, -0.2) is 4.39 Å². The summed E-state index contributed by atoms with van der Waals surface area (Å²) >= 11 is 0. The lowest BCUT2D eigenvalue weighted by Crippen LogP contribution is -2.32. The van der Waals surface area contributed by atoms with Crippen molar-refractivity contribution in [2.75, 3.05) is 26.0 Å². The number of ether oxygens (including phenoxy) is 1. The van der Waals surface area contributed by atoms with Gasteiger partial charge in [0.1, 0.15) is 18.2 Å². The number of carbonyl (C=O) groups is 2. The number of hydrogen-bond acceptors (Lipinski definition) is 6. The van der Waals surface area contributed by atoms with Gasteiger partial charge in [-0.05, 0) is 90.9 Å². The van der Waals surface area contributed by atoms with Crippen LogP contribution >= 0.6 is 0 Å². The highest BCUT2D eigenvalue weighted by atomic mass is 32.2. The van der Waals surface area contributed by atoms with Crippen LogP contribution in [0.25, 0.3) is 11.1 Å². The van der Waals surface area contributed by atoms with E-state index in [0.717, 1.165) is 39.3 Å². The highest BCUT2D eigenvalue weighted by Gasteiger charge is 2.12. The Balaban J connectivity index is 0.00000119. The predicted molar refractivity (Wildman–Crippen MR) is 166 cm³/mol. The van der Waals surface area contributed by atoms with Gasteiger partial charge < -0.3 is 20.1 Å². The van der Waals surface area contributed by atoms with Crippen LogP contribution in [0.15, 0.2) is 71.7 Å². The zero-order chi connectivity index (χ0) is 32.2. The van der Waals surface area contributed by atoms with Gasteiger partial charge in [0.15, 0.2) is 0 Å². The fourth-order valence-electron chi connectivity index (χ4n) is 4.58. The van der Waals surface area contributed by atoms with Crippen LogP contribution in [0, 0.1) is 13.8 Å². The van der Waals surface area contributed by atoms with Gasteiger partial charge in [-0.1, -0.05) is 24.3 Å². The van der Waals surface area contributed by atoms with Gasteiger partial charge in [-0.15, -0.1) is 0 Å². The van der Waals surface area contributed by atoms with E-state index in [0.29, 0.717) is 44.5 Å². The first-order valence-corrected chi connectivity index (χ1v) is 15.8. The van der Waals surface area contributed by atoms with Crippen molar-refractivity contribution in [1.29, 1.82) is 0 Å². The third-order valence-corrected chi connectivity index (χ3v) is 6.60. The molecule has 1 amide bonds. The van der Waals surface area contributed by atoms with Gasteiger partial charge in [0.05, 0.1) is 12.8 Å². The second-order valence-electron chi connectivity index (χ2n) is 10.2. The van der Waals surface area contributed by atoms with E-state index in [1.165, 1.54) is 6.08 Å². The van der Waals surface area contributed by atoms with E-state index in [1.807, 2.05) is 31.2 Å². The number of halogens is 1.